The molecule has 0 atom stereocenters. The van der Waals surface area contributed by atoms with Gasteiger partial charge in [0, 0.05) is 12.8 Å². The van der Waals surface area contributed by atoms with Crippen molar-refractivity contribution >= 4 is 17.8 Å². The van der Waals surface area contributed by atoms with Crippen LogP contribution in [-0.2, 0) is 19.2 Å². The Bertz CT molecular complexity index is 356. The summed E-state index contributed by atoms with van der Waals surface area (Å²) in [5.41, 5.74) is 0. The van der Waals surface area contributed by atoms with Crippen LogP contribution in [0, 0.1) is 11.8 Å². The summed E-state index contributed by atoms with van der Waals surface area (Å²) < 4.78 is 0. The molecule has 1 aliphatic heterocycles. The normalized spacial score (nSPS) is 27.7. The van der Waals surface area contributed by atoms with Crippen LogP contribution in [0.1, 0.15) is 58.3 Å². The molecule has 2 aliphatic rings. The highest BCUT2D eigenvalue weighted by Crippen LogP contribution is 2.32. The van der Waals surface area contributed by atoms with E-state index in [9.17, 15) is 14.4 Å². The smallest absolute Gasteiger partial charge is 0.330 e. The molecule has 0 spiro atoms. The summed E-state index contributed by atoms with van der Waals surface area (Å²) in [5, 5.41) is 0.653. The Morgan fingerprint density at radius 1 is 1.16 bits per heavy atom. The largest absolute Gasteiger partial charge is 0.336 e. The van der Waals surface area contributed by atoms with Crippen LogP contribution in [0.2, 0.25) is 0 Å². The molecule has 0 N–H and O–H groups in total. The lowest BCUT2D eigenvalue weighted by Crippen LogP contribution is -2.35. The Morgan fingerprint density at radius 3 is 2.26 bits per heavy atom. The van der Waals surface area contributed by atoms with Crippen LogP contribution < -0.4 is 0 Å². The highest BCUT2D eigenvalue weighted by atomic mass is 16.7. The van der Waals surface area contributed by atoms with Crippen LogP contribution in [-0.4, -0.2) is 22.8 Å². The standard InChI is InChI=1S/C14H21NO4/c1-2-3-10-4-6-11(7-5-10)14(18)19-15-12(16)8-9-13(15)17/h10-11H,2-9H2,1H3. The number of rotatable bonds is 4. The van der Waals surface area contributed by atoms with E-state index in [1.807, 2.05) is 0 Å². The first kappa shape index (κ1) is 14.0. The van der Waals surface area contributed by atoms with Crippen molar-refractivity contribution in [2.45, 2.75) is 58.3 Å². The van der Waals surface area contributed by atoms with Gasteiger partial charge in [0.15, 0.2) is 0 Å². The second-order valence-corrected chi connectivity index (χ2v) is 5.50. The van der Waals surface area contributed by atoms with Crippen molar-refractivity contribution in [3.05, 3.63) is 0 Å². The SMILES string of the molecule is CCCC1CCC(C(=O)ON2C(=O)CCC2=O)CC1. The molecular formula is C14H21NO4. The number of carbonyl (C=O) groups is 3. The number of hydrogen-bond donors (Lipinski definition) is 0. The van der Waals surface area contributed by atoms with E-state index < -0.39 is 17.8 Å². The average Bonchev–Trinajstić information content (AvgIpc) is 2.72. The van der Waals surface area contributed by atoms with Gasteiger partial charge in [0.25, 0.3) is 11.8 Å². The molecule has 106 valence electrons. The van der Waals surface area contributed by atoms with E-state index in [1.54, 1.807) is 0 Å². The van der Waals surface area contributed by atoms with Crippen molar-refractivity contribution in [2.75, 3.05) is 0 Å². The van der Waals surface area contributed by atoms with E-state index in [4.69, 9.17) is 4.84 Å². The number of nitrogens with zero attached hydrogens (tertiary/aromatic N) is 1. The van der Waals surface area contributed by atoms with E-state index in [-0.39, 0.29) is 18.8 Å². The fraction of sp³-hybridized carbons (Fsp3) is 0.786. The van der Waals surface area contributed by atoms with Crippen LogP contribution in [0.3, 0.4) is 0 Å². The van der Waals surface area contributed by atoms with Gasteiger partial charge in [-0.05, 0) is 31.6 Å². The fourth-order valence-electron chi connectivity index (χ4n) is 2.92. The van der Waals surface area contributed by atoms with Crippen LogP contribution >= 0.6 is 0 Å². The third kappa shape index (κ3) is 3.33. The Hall–Kier alpha value is -1.39. The zero-order chi connectivity index (χ0) is 13.8. The summed E-state index contributed by atoms with van der Waals surface area (Å²) in [6, 6.07) is 0. The number of hydrogen-bond acceptors (Lipinski definition) is 4. The minimum atomic E-state index is -0.418. The van der Waals surface area contributed by atoms with Gasteiger partial charge in [0.1, 0.15) is 0 Å². The molecule has 19 heavy (non-hydrogen) atoms. The molecule has 0 bridgehead atoms. The maximum absolute atomic E-state index is 11.9. The van der Waals surface area contributed by atoms with Gasteiger partial charge < -0.3 is 4.84 Å². The Kier molecular flexibility index (Phi) is 4.56. The summed E-state index contributed by atoms with van der Waals surface area (Å²) in [4.78, 5) is 39.6. The van der Waals surface area contributed by atoms with E-state index >= 15 is 0 Å². The number of imide groups is 1. The summed E-state index contributed by atoms with van der Waals surface area (Å²) in [5.74, 6) is -0.673. The van der Waals surface area contributed by atoms with Crippen LogP contribution in [0.5, 0.6) is 0 Å². The Labute approximate surface area is 113 Å². The van der Waals surface area contributed by atoms with Gasteiger partial charge in [-0.1, -0.05) is 19.8 Å². The molecule has 0 unspecified atom stereocenters. The van der Waals surface area contributed by atoms with Crippen molar-refractivity contribution in [3.63, 3.8) is 0 Å². The van der Waals surface area contributed by atoms with Gasteiger partial charge in [-0.25, -0.2) is 4.79 Å². The Morgan fingerprint density at radius 2 is 1.74 bits per heavy atom. The lowest BCUT2D eigenvalue weighted by Gasteiger charge is -2.27. The second-order valence-electron chi connectivity index (χ2n) is 5.50. The topological polar surface area (TPSA) is 63.7 Å². The first-order valence-corrected chi connectivity index (χ1v) is 7.19. The third-order valence-corrected chi connectivity index (χ3v) is 4.06. The molecule has 2 amide bonds. The third-order valence-electron chi connectivity index (χ3n) is 4.06. The summed E-state index contributed by atoms with van der Waals surface area (Å²) in [6.45, 7) is 2.17. The highest BCUT2D eigenvalue weighted by molar-refractivity contribution is 6.01. The lowest BCUT2D eigenvalue weighted by molar-refractivity contribution is -0.201. The average molecular weight is 267 g/mol. The van der Waals surface area contributed by atoms with Crippen molar-refractivity contribution in [3.8, 4) is 0 Å². The summed E-state index contributed by atoms with van der Waals surface area (Å²) >= 11 is 0. The maximum atomic E-state index is 11.9. The van der Waals surface area contributed by atoms with Gasteiger partial charge in [-0.3, -0.25) is 9.59 Å². The molecule has 1 aliphatic carbocycles. The van der Waals surface area contributed by atoms with Crippen LogP contribution in [0.15, 0.2) is 0 Å². The molecule has 2 fully saturated rings. The van der Waals surface area contributed by atoms with Crippen LogP contribution in [0.4, 0.5) is 0 Å². The molecule has 5 nitrogen and oxygen atoms in total. The predicted molar refractivity (Wildman–Crippen MR) is 67.5 cm³/mol. The van der Waals surface area contributed by atoms with Crippen molar-refractivity contribution in [1.29, 1.82) is 0 Å². The number of amides is 2. The van der Waals surface area contributed by atoms with Gasteiger partial charge in [-0.2, -0.15) is 0 Å². The predicted octanol–water partition coefficient (Wildman–Crippen LogP) is 2.20. The second kappa shape index (κ2) is 6.17. The zero-order valence-corrected chi connectivity index (χ0v) is 11.4. The zero-order valence-electron chi connectivity index (χ0n) is 11.4. The molecule has 0 aromatic rings. The minimum absolute atomic E-state index is 0.148. The van der Waals surface area contributed by atoms with Crippen molar-refractivity contribution < 1.29 is 19.2 Å². The van der Waals surface area contributed by atoms with Gasteiger partial charge >= 0.3 is 5.97 Å². The number of hydroxylamine groups is 2. The van der Waals surface area contributed by atoms with E-state index in [0.717, 1.165) is 25.7 Å². The molecule has 5 heteroatoms. The molecule has 1 heterocycles. The fourth-order valence-corrected chi connectivity index (χ4v) is 2.92. The van der Waals surface area contributed by atoms with Gasteiger partial charge in [0.05, 0.1) is 5.92 Å². The molecular weight excluding hydrogens is 246 g/mol. The molecule has 2 rings (SSSR count). The molecule has 1 saturated carbocycles. The first-order chi connectivity index (χ1) is 9.11. The number of carbonyl (C=O) groups excluding carboxylic acids is 3. The lowest BCUT2D eigenvalue weighted by atomic mass is 9.80. The summed E-state index contributed by atoms with van der Waals surface area (Å²) in [7, 11) is 0. The van der Waals surface area contributed by atoms with Crippen molar-refractivity contribution in [1.82, 2.24) is 5.06 Å². The minimum Gasteiger partial charge on any atom is -0.330 e. The molecule has 0 aromatic carbocycles. The first-order valence-electron chi connectivity index (χ1n) is 7.19. The molecule has 0 radical (unpaired) electrons. The monoisotopic (exact) mass is 267 g/mol. The Balaban J connectivity index is 1.81. The van der Waals surface area contributed by atoms with E-state index in [1.165, 1.54) is 12.8 Å². The highest BCUT2D eigenvalue weighted by Gasteiger charge is 2.35. The van der Waals surface area contributed by atoms with Gasteiger partial charge in [-0.15, -0.1) is 5.06 Å². The molecule has 0 aromatic heterocycles. The van der Waals surface area contributed by atoms with Crippen LogP contribution in [0.25, 0.3) is 0 Å². The van der Waals surface area contributed by atoms with Gasteiger partial charge in [0.2, 0.25) is 0 Å². The molecule has 1 saturated heterocycles. The van der Waals surface area contributed by atoms with E-state index in [0.29, 0.717) is 11.0 Å². The summed E-state index contributed by atoms with van der Waals surface area (Å²) in [6.07, 6.45) is 6.37. The maximum Gasteiger partial charge on any atom is 0.336 e. The van der Waals surface area contributed by atoms with E-state index in [2.05, 4.69) is 6.92 Å². The van der Waals surface area contributed by atoms with Crippen molar-refractivity contribution in [2.24, 2.45) is 11.8 Å². The quantitative estimate of drug-likeness (QED) is 0.732.